The monoisotopic (exact) mass is 357 g/mol. The van der Waals surface area contributed by atoms with Gasteiger partial charge in [0, 0.05) is 25.7 Å². The van der Waals surface area contributed by atoms with Crippen molar-refractivity contribution in [3.63, 3.8) is 0 Å². The van der Waals surface area contributed by atoms with Gasteiger partial charge in [0.25, 0.3) is 0 Å². The van der Waals surface area contributed by atoms with E-state index in [1.807, 2.05) is 19.9 Å². The highest BCUT2D eigenvalue weighted by Gasteiger charge is 2.11. The lowest BCUT2D eigenvalue weighted by Gasteiger charge is -2.25. The van der Waals surface area contributed by atoms with Crippen LogP contribution >= 0.6 is 0 Å². The zero-order chi connectivity index (χ0) is 18.9. The van der Waals surface area contributed by atoms with Crippen LogP contribution in [0.4, 0.5) is 0 Å². The van der Waals surface area contributed by atoms with Crippen molar-refractivity contribution < 1.29 is 4.42 Å². The van der Waals surface area contributed by atoms with Gasteiger partial charge in [-0.05, 0) is 40.3 Å². The van der Waals surface area contributed by atoms with Gasteiger partial charge in [-0.2, -0.15) is 0 Å². The minimum Gasteiger partial charge on any atom is -0.444 e. The smallest absolute Gasteiger partial charge is 0.216 e. The van der Waals surface area contributed by atoms with Gasteiger partial charge in [-0.1, -0.05) is 30.3 Å². The molecule has 0 aliphatic rings. The minimum atomic E-state index is 0.366. The van der Waals surface area contributed by atoms with E-state index >= 15 is 0 Å². The standard InChI is InChI=1S/C20H31N5O/c1-6-21-20(23-13-19-24-16(3)17(4)26-19)22-12-15(2)25(5)14-18-10-8-7-9-11-18/h7-11,15H,6,12-14H2,1-5H3,(H2,21,22,23). The number of nitrogens with zero attached hydrogens (tertiary/aromatic N) is 3. The molecule has 1 aromatic heterocycles. The Balaban J connectivity index is 1.87. The molecule has 6 heteroatoms. The number of likely N-dealkylation sites (N-methyl/N-ethyl adjacent to an activating group) is 1. The number of aromatic nitrogens is 1. The Morgan fingerprint density at radius 2 is 1.96 bits per heavy atom. The van der Waals surface area contributed by atoms with Crippen LogP contribution in [-0.2, 0) is 13.1 Å². The molecule has 1 aromatic carbocycles. The summed E-state index contributed by atoms with van der Waals surface area (Å²) in [5.41, 5.74) is 2.24. The quantitative estimate of drug-likeness (QED) is 0.562. The first-order chi connectivity index (χ1) is 12.5. The van der Waals surface area contributed by atoms with E-state index < -0.39 is 0 Å². The van der Waals surface area contributed by atoms with Crippen LogP contribution in [-0.4, -0.2) is 42.0 Å². The van der Waals surface area contributed by atoms with Gasteiger partial charge in [-0.15, -0.1) is 0 Å². The molecule has 26 heavy (non-hydrogen) atoms. The van der Waals surface area contributed by atoms with Crippen molar-refractivity contribution in [3.05, 3.63) is 53.2 Å². The second kappa shape index (κ2) is 9.97. The molecule has 0 saturated carbocycles. The molecule has 1 unspecified atom stereocenters. The number of aryl methyl sites for hydroxylation is 2. The highest BCUT2D eigenvalue weighted by atomic mass is 16.4. The number of oxazole rings is 1. The molecule has 0 aliphatic carbocycles. The highest BCUT2D eigenvalue weighted by Crippen LogP contribution is 2.09. The van der Waals surface area contributed by atoms with Crippen molar-refractivity contribution in [1.29, 1.82) is 0 Å². The second-order valence-corrected chi connectivity index (χ2v) is 6.58. The Labute approximate surface area is 156 Å². The molecule has 1 heterocycles. The van der Waals surface area contributed by atoms with E-state index in [0.29, 0.717) is 18.5 Å². The van der Waals surface area contributed by atoms with Gasteiger partial charge in [0.05, 0.1) is 5.69 Å². The molecule has 0 fully saturated rings. The first kappa shape index (κ1) is 20.0. The number of rotatable bonds is 8. The number of nitrogens with one attached hydrogen (secondary N) is 2. The summed E-state index contributed by atoms with van der Waals surface area (Å²) in [6.07, 6.45) is 0. The van der Waals surface area contributed by atoms with Gasteiger partial charge >= 0.3 is 0 Å². The lowest BCUT2D eigenvalue weighted by Crippen LogP contribution is -2.44. The van der Waals surface area contributed by atoms with Gasteiger partial charge in [0.2, 0.25) is 5.89 Å². The summed E-state index contributed by atoms with van der Waals surface area (Å²) in [5, 5.41) is 6.68. The molecule has 1 atom stereocenters. The first-order valence-electron chi connectivity index (χ1n) is 9.18. The predicted molar refractivity (Wildman–Crippen MR) is 106 cm³/mol. The molecule has 0 bridgehead atoms. The zero-order valence-electron chi connectivity index (χ0n) is 16.5. The van der Waals surface area contributed by atoms with Crippen molar-refractivity contribution >= 4 is 5.96 Å². The van der Waals surface area contributed by atoms with Crippen LogP contribution in [0.1, 0.15) is 36.8 Å². The predicted octanol–water partition coefficient (Wildman–Crippen LogP) is 2.87. The molecule has 2 N–H and O–H groups in total. The molecule has 142 valence electrons. The van der Waals surface area contributed by atoms with E-state index in [0.717, 1.165) is 37.0 Å². The summed E-state index contributed by atoms with van der Waals surface area (Å²) in [6.45, 7) is 11.1. The van der Waals surface area contributed by atoms with Crippen LogP contribution in [0.3, 0.4) is 0 Å². The Morgan fingerprint density at radius 1 is 1.23 bits per heavy atom. The van der Waals surface area contributed by atoms with Gasteiger partial charge in [0.1, 0.15) is 12.3 Å². The van der Waals surface area contributed by atoms with Gasteiger partial charge in [-0.3, -0.25) is 4.90 Å². The van der Waals surface area contributed by atoms with Crippen molar-refractivity contribution in [2.75, 3.05) is 20.1 Å². The maximum Gasteiger partial charge on any atom is 0.216 e. The summed E-state index contributed by atoms with van der Waals surface area (Å²) in [4.78, 5) is 11.3. The molecule has 2 rings (SSSR count). The summed E-state index contributed by atoms with van der Waals surface area (Å²) in [7, 11) is 2.14. The maximum atomic E-state index is 5.59. The van der Waals surface area contributed by atoms with Crippen molar-refractivity contribution in [1.82, 2.24) is 20.5 Å². The lowest BCUT2D eigenvalue weighted by molar-refractivity contribution is 0.249. The van der Waals surface area contributed by atoms with Crippen molar-refractivity contribution in [2.45, 2.75) is 46.8 Å². The molecule has 2 aromatic rings. The van der Waals surface area contributed by atoms with Crippen LogP contribution in [0.5, 0.6) is 0 Å². The lowest BCUT2D eigenvalue weighted by atomic mass is 10.2. The van der Waals surface area contributed by atoms with Crippen LogP contribution in [0.25, 0.3) is 0 Å². The Morgan fingerprint density at radius 3 is 2.58 bits per heavy atom. The van der Waals surface area contributed by atoms with Crippen LogP contribution in [0.15, 0.2) is 39.7 Å². The van der Waals surface area contributed by atoms with E-state index in [2.05, 4.69) is 70.7 Å². The van der Waals surface area contributed by atoms with E-state index in [1.165, 1.54) is 5.56 Å². The average molecular weight is 358 g/mol. The number of aliphatic imine (C=N–C) groups is 1. The summed E-state index contributed by atoms with van der Waals surface area (Å²) in [5.74, 6) is 2.27. The van der Waals surface area contributed by atoms with Crippen molar-refractivity contribution in [2.24, 2.45) is 4.99 Å². The normalized spacial score (nSPS) is 13.1. The summed E-state index contributed by atoms with van der Waals surface area (Å²) < 4.78 is 5.59. The molecule has 6 nitrogen and oxygen atoms in total. The summed E-state index contributed by atoms with van der Waals surface area (Å²) in [6, 6.07) is 10.9. The van der Waals surface area contributed by atoms with Gasteiger partial charge < -0.3 is 15.1 Å². The molecule has 0 saturated heterocycles. The molecule has 0 radical (unpaired) electrons. The SMILES string of the molecule is CCNC(=NCc1nc(C)c(C)o1)NCC(C)N(C)Cc1ccccc1. The zero-order valence-corrected chi connectivity index (χ0v) is 16.5. The van der Waals surface area contributed by atoms with Gasteiger partial charge in [-0.25, -0.2) is 9.98 Å². The Kier molecular flexibility index (Phi) is 7.66. The maximum absolute atomic E-state index is 5.59. The third kappa shape index (κ3) is 6.19. The molecule has 0 spiro atoms. The fraction of sp³-hybridized carbons (Fsp3) is 0.500. The summed E-state index contributed by atoms with van der Waals surface area (Å²) >= 11 is 0. The van der Waals surface area contributed by atoms with E-state index in [-0.39, 0.29) is 0 Å². The largest absolute Gasteiger partial charge is 0.444 e. The second-order valence-electron chi connectivity index (χ2n) is 6.58. The first-order valence-corrected chi connectivity index (χ1v) is 9.18. The Bertz CT molecular complexity index is 676. The third-order valence-corrected chi connectivity index (χ3v) is 4.38. The Hall–Kier alpha value is -2.34. The van der Waals surface area contributed by atoms with E-state index in [9.17, 15) is 0 Å². The van der Waals surface area contributed by atoms with Gasteiger partial charge in [0.15, 0.2) is 5.96 Å². The molecular formula is C20H31N5O. The number of benzene rings is 1. The fourth-order valence-electron chi connectivity index (χ4n) is 2.52. The topological polar surface area (TPSA) is 65.7 Å². The number of hydrogen-bond acceptors (Lipinski definition) is 4. The van der Waals surface area contributed by atoms with Crippen LogP contribution < -0.4 is 10.6 Å². The van der Waals surface area contributed by atoms with E-state index in [4.69, 9.17) is 4.42 Å². The average Bonchev–Trinajstić information content (AvgIpc) is 2.95. The highest BCUT2D eigenvalue weighted by molar-refractivity contribution is 5.79. The van der Waals surface area contributed by atoms with Crippen LogP contribution in [0, 0.1) is 13.8 Å². The number of hydrogen-bond donors (Lipinski definition) is 2. The fourth-order valence-corrected chi connectivity index (χ4v) is 2.52. The van der Waals surface area contributed by atoms with Crippen LogP contribution in [0.2, 0.25) is 0 Å². The molecular weight excluding hydrogens is 326 g/mol. The molecule has 0 aliphatic heterocycles. The molecule has 0 amide bonds. The number of guanidine groups is 1. The van der Waals surface area contributed by atoms with E-state index in [1.54, 1.807) is 0 Å². The third-order valence-electron chi connectivity index (χ3n) is 4.38. The van der Waals surface area contributed by atoms with Crippen molar-refractivity contribution in [3.8, 4) is 0 Å². The minimum absolute atomic E-state index is 0.366.